The fourth-order valence-corrected chi connectivity index (χ4v) is 5.09. The summed E-state index contributed by atoms with van der Waals surface area (Å²) in [6, 6.07) is 16.6. The molecule has 5 aromatic rings. The summed E-state index contributed by atoms with van der Waals surface area (Å²) in [5, 5.41) is 5.18. The first-order valence-electron chi connectivity index (χ1n) is 11.9. The van der Waals surface area contributed by atoms with Gasteiger partial charge in [0.25, 0.3) is 0 Å². The van der Waals surface area contributed by atoms with E-state index in [0.717, 1.165) is 39.1 Å². The molecule has 0 unspecified atom stereocenters. The lowest BCUT2D eigenvalue weighted by molar-refractivity contribution is -0.123. The summed E-state index contributed by atoms with van der Waals surface area (Å²) >= 11 is 1.48. The summed E-state index contributed by atoms with van der Waals surface area (Å²) in [6.07, 6.45) is 3.02. The lowest BCUT2D eigenvalue weighted by Gasteiger charge is -2.10. The molecule has 0 atom stereocenters. The van der Waals surface area contributed by atoms with Gasteiger partial charge >= 0.3 is 0 Å². The van der Waals surface area contributed by atoms with Crippen LogP contribution in [0.1, 0.15) is 19.0 Å². The number of aromatic nitrogens is 3. The minimum atomic E-state index is -0.657. The Morgan fingerprint density at radius 3 is 2.45 bits per heavy atom. The number of halogens is 1. The number of fused-ring (bicyclic) bond motifs is 1. The summed E-state index contributed by atoms with van der Waals surface area (Å²) in [5.41, 5.74) is 3.47. The zero-order valence-corrected chi connectivity index (χ0v) is 21.5. The van der Waals surface area contributed by atoms with Crippen molar-refractivity contribution in [2.45, 2.75) is 26.8 Å². The van der Waals surface area contributed by atoms with E-state index in [9.17, 15) is 14.0 Å². The minimum absolute atomic E-state index is 0.00119. The number of benzene rings is 2. The van der Waals surface area contributed by atoms with Crippen molar-refractivity contribution in [2.24, 2.45) is 0 Å². The van der Waals surface area contributed by atoms with Gasteiger partial charge in [-0.15, -0.1) is 11.3 Å². The zero-order chi connectivity index (χ0) is 26.6. The summed E-state index contributed by atoms with van der Waals surface area (Å²) < 4.78 is 23.7. The Morgan fingerprint density at radius 2 is 1.74 bits per heavy atom. The molecule has 5 rings (SSSR count). The van der Waals surface area contributed by atoms with Gasteiger partial charge < -0.3 is 19.9 Å². The maximum Gasteiger partial charge on any atom is 0.233 e. The van der Waals surface area contributed by atoms with Gasteiger partial charge in [0.2, 0.25) is 11.8 Å². The third-order valence-electron chi connectivity index (χ3n) is 5.86. The topological polar surface area (TPSA) is 98.1 Å². The highest BCUT2D eigenvalue weighted by Gasteiger charge is 2.17. The van der Waals surface area contributed by atoms with Crippen molar-refractivity contribution in [3.8, 4) is 22.1 Å². The first-order valence-corrected chi connectivity index (χ1v) is 12.8. The van der Waals surface area contributed by atoms with E-state index < -0.39 is 24.1 Å². The molecule has 0 aliphatic carbocycles. The number of carbonyl (C=O) groups excluding carboxylic acids is 2. The summed E-state index contributed by atoms with van der Waals surface area (Å²) in [7, 11) is 0. The fraction of sp³-hybridized carbons (Fsp3) is 0.143. The smallest absolute Gasteiger partial charge is 0.233 e. The van der Waals surface area contributed by atoms with Crippen molar-refractivity contribution in [3.63, 3.8) is 0 Å². The summed E-state index contributed by atoms with van der Waals surface area (Å²) in [6.45, 7) is 4.91. The van der Waals surface area contributed by atoms with Crippen LogP contribution >= 0.6 is 11.3 Å². The number of nitrogens with zero attached hydrogens (tertiary/aromatic N) is 3. The number of hydrogen-bond donors (Lipinski definition) is 2. The van der Waals surface area contributed by atoms with Crippen LogP contribution in [0.25, 0.3) is 20.8 Å². The molecule has 0 fully saturated rings. The number of ether oxygens (including phenoxy) is 1. The third kappa shape index (κ3) is 5.40. The molecular weight excluding hydrogens is 505 g/mol. The molecule has 0 bridgehead atoms. The number of imidazole rings is 1. The molecular formula is C28H24FN5O3S. The highest BCUT2D eigenvalue weighted by Crippen LogP contribution is 2.40. The van der Waals surface area contributed by atoms with Crippen molar-refractivity contribution < 1.29 is 18.7 Å². The first kappa shape index (κ1) is 25.1. The molecule has 3 heterocycles. The minimum Gasteiger partial charge on any atom is -0.453 e. The van der Waals surface area contributed by atoms with Crippen molar-refractivity contribution >= 4 is 44.7 Å². The molecule has 0 saturated heterocycles. The Labute approximate surface area is 222 Å². The maximum atomic E-state index is 14.9. The van der Waals surface area contributed by atoms with Gasteiger partial charge in [0.15, 0.2) is 11.6 Å². The molecule has 10 heteroatoms. The number of thiophene rings is 1. The molecule has 0 spiro atoms. The number of rotatable bonds is 8. The number of pyridine rings is 1. The average Bonchev–Trinajstić information content (AvgIpc) is 3.49. The quantitative estimate of drug-likeness (QED) is 0.227. The Kier molecular flexibility index (Phi) is 7.14. The molecule has 3 aromatic heterocycles. The third-order valence-corrected chi connectivity index (χ3v) is 7.01. The number of aryl methyl sites for hydroxylation is 1. The second kappa shape index (κ2) is 10.8. The number of carbonyl (C=O) groups is 2. The molecule has 2 N–H and O–H groups in total. The molecule has 0 saturated carbocycles. The zero-order valence-electron chi connectivity index (χ0n) is 20.7. The highest BCUT2D eigenvalue weighted by molar-refractivity contribution is 7.22. The van der Waals surface area contributed by atoms with Crippen molar-refractivity contribution in [1.29, 1.82) is 0 Å². The van der Waals surface area contributed by atoms with Gasteiger partial charge in [-0.1, -0.05) is 18.2 Å². The van der Waals surface area contributed by atoms with Crippen LogP contribution in [-0.2, 0) is 16.1 Å². The van der Waals surface area contributed by atoms with Crippen molar-refractivity contribution in [3.05, 3.63) is 84.7 Å². The molecule has 192 valence electrons. The molecule has 0 aliphatic rings. The van der Waals surface area contributed by atoms with E-state index in [2.05, 4.69) is 32.1 Å². The second-order valence-corrected chi connectivity index (χ2v) is 9.54. The van der Waals surface area contributed by atoms with Crippen molar-refractivity contribution in [1.82, 2.24) is 14.5 Å². The van der Waals surface area contributed by atoms with Crippen LogP contribution in [-0.4, -0.2) is 26.3 Å². The molecule has 38 heavy (non-hydrogen) atoms. The molecule has 0 radical (unpaired) electrons. The monoisotopic (exact) mass is 529 g/mol. The molecule has 2 amide bonds. The van der Waals surface area contributed by atoms with Crippen LogP contribution in [0.5, 0.6) is 11.5 Å². The van der Waals surface area contributed by atoms with E-state index >= 15 is 0 Å². The number of nitrogens with one attached hydrogen (secondary N) is 2. The van der Waals surface area contributed by atoms with Crippen LogP contribution in [0, 0.1) is 12.7 Å². The number of amides is 2. The highest BCUT2D eigenvalue weighted by atomic mass is 32.1. The number of para-hydroxylation sites is 1. The van der Waals surface area contributed by atoms with E-state index in [1.165, 1.54) is 23.5 Å². The molecule has 0 aliphatic heterocycles. The Hall–Kier alpha value is -4.57. The fourth-order valence-electron chi connectivity index (χ4n) is 3.97. The van der Waals surface area contributed by atoms with Crippen LogP contribution in [0.15, 0.2) is 73.2 Å². The largest absolute Gasteiger partial charge is 0.453 e. The van der Waals surface area contributed by atoms with Gasteiger partial charge in [-0.3, -0.25) is 14.6 Å². The Balaban J connectivity index is 1.28. The lowest BCUT2D eigenvalue weighted by Crippen LogP contribution is -2.21. The number of anilines is 2. The normalized spacial score (nSPS) is 10.9. The first-order chi connectivity index (χ1) is 18.4. The van der Waals surface area contributed by atoms with Crippen molar-refractivity contribution in [2.75, 3.05) is 10.6 Å². The lowest BCUT2D eigenvalue weighted by atomic mass is 10.2. The Bertz CT molecular complexity index is 1630. The van der Waals surface area contributed by atoms with Crippen LogP contribution in [0.4, 0.5) is 15.8 Å². The maximum absolute atomic E-state index is 14.9. The van der Waals surface area contributed by atoms with E-state index in [1.54, 1.807) is 36.5 Å². The van der Waals surface area contributed by atoms with Gasteiger partial charge in [0.1, 0.15) is 17.9 Å². The average molecular weight is 530 g/mol. The second-order valence-electron chi connectivity index (χ2n) is 8.49. The van der Waals surface area contributed by atoms with Crippen LogP contribution in [0.3, 0.4) is 0 Å². The summed E-state index contributed by atoms with van der Waals surface area (Å²) in [5.74, 6) is -1.22. The molecule has 2 aromatic carbocycles. The molecule has 8 nitrogen and oxygen atoms in total. The van der Waals surface area contributed by atoms with E-state index in [4.69, 9.17) is 4.74 Å². The Morgan fingerprint density at radius 1 is 0.974 bits per heavy atom. The van der Waals surface area contributed by atoms with E-state index in [0.29, 0.717) is 11.4 Å². The van der Waals surface area contributed by atoms with Crippen LogP contribution in [0.2, 0.25) is 0 Å². The van der Waals surface area contributed by atoms with E-state index in [1.807, 2.05) is 25.4 Å². The predicted octanol–water partition coefficient (Wildman–Crippen LogP) is 6.39. The van der Waals surface area contributed by atoms with Gasteiger partial charge in [0.05, 0.1) is 21.4 Å². The van der Waals surface area contributed by atoms with Gasteiger partial charge in [-0.05, 0) is 44.2 Å². The predicted molar refractivity (Wildman–Crippen MR) is 146 cm³/mol. The van der Waals surface area contributed by atoms with Crippen LogP contribution < -0.4 is 15.4 Å². The van der Waals surface area contributed by atoms with Gasteiger partial charge in [-0.2, -0.15) is 0 Å². The van der Waals surface area contributed by atoms with Gasteiger partial charge in [-0.25, -0.2) is 9.37 Å². The van der Waals surface area contributed by atoms with E-state index in [-0.39, 0.29) is 11.4 Å². The summed E-state index contributed by atoms with van der Waals surface area (Å²) in [4.78, 5) is 34.3. The standard InChI is InChI=1S/C28H24FN5O3S/c1-3-34-16-31-27(17(34)2)24-14-21-28(38-24)23(11-12-30-21)37-22-10-9-19(13-20(22)29)33-26(36)15-25(35)32-18-7-5-4-6-8-18/h4-14,16H,3,15H2,1-2H3,(H,32,35)(H,33,36). The van der Waals surface area contributed by atoms with Gasteiger partial charge in [0, 0.05) is 41.9 Å². The SMILES string of the molecule is CCn1cnc(-c2cc3nccc(Oc4ccc(NC(=O)CC(=O)Nc5ccccc5)cc4F)c3s2)c1C. The number of hydrogen-bond acceptors (Lipinski definition) is 6.